The molecule has 6 heteroatoms. The van der Waals surface area contributed by atoms with Crippen molar-refractivity contribution >= 4 is 30.5 Å². The number of nitro groups is 1. The number of anilines is 1. The van der Waals surface area contributed by atoms with Crippen molar-refractivity contribution in [2.75, 3.05) is 5.43 Å². The second-order valence-corrected chi connectivity index (χ2v) is 1.73. The van der Waals surface area contributed by atoms with E-state index in [0.717, 1.165) is 0 Å². The molecule has 0 heterocycles. The molecule has 1 rings (SSSR count). The number of rotatable bonds is 2. The molecule has 0 atom stereocenters. The van der Waals surface area contributed by atoms with E-state index in [-0.39, 0.29) is 24.8 Å². The molecule has 0 unspecified atom stereocenters. The lowest BCUT2D eigenvalue weighted by atomic mass is 10.3. The average molecular weight is 211 g/mol. The molecule has 0 aromatic heterocycles. The van der Waals surface area contributed by atoms with Gasteiger partial charge in [0, 0.05) is 0 Å². The lowest BCUT2D eigenvalue weighted by Crippen LogP contribution is -2.06. The van der Waals surface area contributed by atoms with E-state index >= 15 is 0 Å². The summed E-state index contributed by atoms with van der Waals surface area (Å²) in [6, 6.07) is 8.51. The minimum atomic E-state index is -0.588. The average Bonchev–Trinajstić information content (AvgIpc) is 1.88. The Bertz CT molecular complexity index is 230. The summed E-state index contributed by atoms with van der Waals surface area (Å²) in [7, 11) is 0. The van der Waals surface area contributed by atoms with Crippen molar-refractivity contribution in [3.63, 3.8) is 0 Å². The van der Waals surface area contributed by atoms with Gasteiger partial charge in [0.15, 0.2) is 5.03 Å². The zero-order valence-electron chi connectivity index (χ0n) is 5.97. The van der Waals surface area contributed by atoms with Gasteiger partial charge in [0.05, 0.1) is 0 Å². The smallest absolute Gasteiger partial charge is 0.162 e. The van der Waals surface area contributed by atoms with Gasteiger partial charge in [0.25, 0.3) is 0 Å². The van der Waals surface area contributed by atoms with E-state index in [0.29, 0.717) is 5.69 Å². The lowest BCUT2D eigenvalue weighted by molar-refractivity contribution is -0.445. The van der Waals surface area contributed by atoms with Crippen molar-refractivity contribution in [3.05, 3.63) is 40.4 Å². The topological polar surface area (TPSA) is 55.2 Å². The summed E-state index contributed by atoms with van der Waals surface area (Å²) in [5, 5.41) is 9.28. The van der Waals surface area contributed by atoms with Gasteiger partial charge in [0.1, 0.15) is 5.69 Å². The van der Waals surface area contributed by atoms with Crippen molar-refractivity contribution in [2.45, 2.75) is 0 Å². The first-order chi connectivity index (χ1) is 4.79. The molecule has 0 fully saturated rings. The van der Waals surface area contributed by atoms with Crippen LogP contribution in [0.15, 0.2) is 30.3 Å². The van der Waals surface area contributed by atoms with Gasteiger partial charge in [-0.3, -0.25) is 0 Å². The summed E-state index contributed by atoms with van der Waals surface area (Å²) in [6.07, 6.45) is 0. The largest absolute Gasteiger partial charge is 0.235 e. The summed E-state index contributed by atoms with van der Waals surface area (Å²) in [5.74, 6) is 0. The van der Waals surface area contributed by atoms with Crippen molar-refractivity contribution in [1.82, 2.24) is 0 Å². The second-order valence-electron chi connectivity index (χ2n) is 1.73. The van der Waals surface area contributed by atoms with E-state index in [1.165, 1.54) is 0 Å². The number of benzene rings is 1. The maximum atomic E-state index is 9.86. The minimum Gasteiger partial charge on any atom is -0.235 e. The van der Waals surface area contributed by atoms with Crippen molar-refractivity contribution in [3.8, 4) is 0 Å². The normalized spacial score (nSPS) is 7.33. The molecule has 0 aliphatic heterocycles. The number of para-hydroxylation sites is 1. The molecule has 68 valence electrons. The Labute approximate surface area is 81.9 Å². The molecule has 0 saturated heterocycles. The first-order valence-corrected chi connectivity index (χ1v) is 2.75. The first-order valence-electron chi connectivity index (χ1n) is 2.75. The molecule has 0 amide bonds. The molecule has 0 aliphatic carbocycles. The number of halogens is 2. The molecule has 0 saturated carbocycles. The van der Waals surface area contributed by atoms with Crippen LogP contribution in [-0.2, 0) is 0 Å². The summed E-state index contributed by atoms with van der Waals surface area (Å²) < 4.78 is 0. The van der Waals surface area contributed by atoms with E-state index in [4.69, 9.17) is 0 Å². The van der Waals surface area contributed by atoms with Gasteiger partial charge in [0.2, 0.25) is 0 Å². The van der Waals surface area contributed by atoms with Crippen LogP contribution in [0.1, 0.15) is 0 Å². The Morgan fingerprint density at radius 3 is 2.08 bits per heavy atom. The molecule has 1 aromatic carbocycles. The Hall–Kier alpha value is -1.00. The zero-order valence-corrected chi connectivity index (χ0v) is 7.60. The molecule has 0 bridgehead atoms. The van der Waals surface area contributed by atoms with Gasteiger partial charge in [-0.25, -0.2) is 10.1 Å². The lowest BCUT2D eigenvalue weighted by Gasteiger charge is -1.93. The molecule has 0 spiro atoms. The van der Waals surface area contributed by atoms with E-state index in [2.05, 4.69) is 0 Å². The highest BCUT2D eigenvalue weighted by Gasteiger charge is 1.93. The summed E-state index contributed by atoms with van der Waals surface area (Å²) >= 11 is 0. The second kappa shape index (κ2) is 6.69. The number of nitrogens with zero attached hydrogens (tertiary/aromatic N) is 1. The molecule has 0 aliphatic rings. The number of hydrogen-bond acceptors (Lipinski definition) is 2. The highest BCUT2D eigenvalue weighted by molar-refractivity contribution is 5.85. The molecular formula is C6H8Cl2N2O2. The Morgan fingerprint density at radius 2 is 1.67 bits per heavy atom. The Morgan fingerprint density at radius 1 is 1.17 bits per heavy atom. The number of hydrogen-bond donors (Lipinski definition) is 1. The van der Waals surface area contributed by atoms with E-state index in [1.54, 1.807) is 30.3 Å². The van der Waals surface area contributed by atoms with E-state index in [9.17, 15) is 10.1 Å². The van der Waals surface area contributed by atoms with Crippen LogP contribution in [0.5, 0.6) is 0 Å². The van der Waals surface area contributed by atoms with Crippen LogP contribution in [-0.4, -0.2) is 5.03 Å². The van der Waals surface area contributed by atoms with Gasteiger partial charge >= 0.3 is 0 Å². The van der Waals surface area contributed by atoms with Gasteiger partial charge in [-0.1, -0.05) is 18.2 Å². The predicted molar refractivity (Wildman–Crippen MR) is 51.6 cm³/mol. The fourth-order valence-corrected chi connectivity index (χ4v) is 0.618. The third kappa shape index (κ3) is 4.76. The van der Waals surface area contributed by atoms with Crippen LogP contribution in [0.4, 0.5) is 5.69 Å². The highest BCUT2D eigenvalue weighted by Crippen LogP contribution is 2.03. The Balaban J connectivity index is 0. The van der Waals surface area contributed by atoms with Crippen LogP contribution in [0.3, 0.4) is 0 Å². The third-order valence-electron chi connectivity index (χ3n) is 0.994. The maximum absolute atomic E-state index is 9.86. The van der Waals surface area contributed by atoms with Gasteiger partial charge in [-0.05, 0) is 12.1 Å². The molecule has 0 radical (unpaired) electrons. The van der Waals surface area contributed by atoms with Gasteiger partial charge in [-0.2, -0.15) is 0 Å². The summed E-state index contributed by atoms with van der Waals surface area (Å²) in [5.41, 5.74) is 2.52. The van der Waals surface area contributed by atoms with Crippen LogP contribution < -0.4 is 5.43 Å². The predicted octanol–water partition coefficient (Wildman–Crippen LogP) is 2.13. The SMILES string of the molecule is Cl.Cl.O=[N+]([O-])Nc1ccccc1. The van der Waals surface area contributed by atoms with Crippen molar-refractivity contribution < 1.29 is 5.03 Å². The van der Waals surface area contributed by atoms with Gasteiger partial charge in [-0.15, -0.1) is 30.2 Å². The Kier molecular flexibility index (Phi) is 7.58. The highest BCUT2D eigenvalue weighted by atomic mass is 35.5. The third-order valence-corrected chi connectivity index (χ3v) is 0.994. The fourth-order valence-electron chi connectivity index (χ4n) is 0.618. The molecule has 1 aromatic rings. The summed E-state index contributed by atoms with van der Waals surface area (Å²) in [4.78, 5) is 9.86. The number of nitrogens with one attached hydrogen (secondary N) is 1. The van der Waals surface area contributed by atoms with E-state index in [1.807, 2.05) is 5.43 Å². The van der Waals surface area contributed by atoms with Crippen LogP contribution >= 0.6 is 24.8 Å². The maximum Gasteiger partial charge on any atom is 0.162 e. The first kappa shape index (κ1) is 13.6. The van der Waals surface area contributed by atoms with Gasteiger partial charge < -0.3 is 0 Å². The number of hydrazine groups is 1. The van der Waals surface area contributed by atoms with Crippen molar-refractivity contribution in [2.24, 2.45) is 0 Å². The molecule has 12 heavy (non-hydrogen) atoms. The summed E-state index contributed by atoms with van der Waals surface area (Å²) in [6.45, 7) is 0. The monoisotopic (exact) mass is 210 g/mol. The standard InChI is InChI=1S/C6H6N2O2.2ClH/c9-8(10)7-6-4-2-1-3-5-6;;/h1-5,7H;2*1H. The zero-order chi connectivity index (χ0) is 7.40. The van der Waals surface area contributed by atoms with Crippen molar-refractivity contribution in [1.29, 1.82) is 0 Å². The molecular weight excluding hydrogens is 203 g/mol. The van der Waals surface area contributed by atoms with Crippen LogP contribution in [0, 0.1) is 10.1 Å². The minimum absolute atomic E-state index is 0. The van der Waals surface area contributed by atoms with Crippen LogP contribution in [0.2, 0.25) is 0 Å². The van der Waals surface area contributed by atoms with Crippen LogP contribution in [0.25, 0.3) is 0 Å². The fraction of sp³-hybridized carbons (Fsp3) is 0. The molecule has 4 nitrogen and oxygen atoms in total. The molecule has 1 N–H and O–H groups in total. The quantitative estimate of drug-likeness (QED) is 0.602. The van der Waals surface area contributed by atoms with E-state index < -0.39 is 5.03 Å².